The first-order valence-electron chi connectivity index (χ1n) is 9.33. The van der Waals surface area contributed by atoms with Crippen molar-refractivity contribution in [1.29, 1.82) is 0 Å². The highest BCUT2D eigenvalue weighted by Crippen LogP contribution is 2.43. The Morgan fingerprint density at radius 2 is 1.47 bits per heavy atom. The normalized spacial score (nSPS) is 36.3. The van der Waals surface area contributed by atoms with E-state index in [2.05, 4.69) is 13.8 Å². The summed E-state index contributed by atoms with van der Waals surface area (Å²) in [6.45, 7) is 4.70. The monoisotopic (exact) mass is 264 g/mol. The van der Waals surface area contributed by atoms with Crippen LogP contribution in [0, 0.1) is 23.7 Å². The molecule has 2 saturated carbocycles. The van der Waals surface area contributed by atoms with Crippen LogP contribution in [0.2, 0.25) is 0 Å². The van der Waals surface area contributed by atoms with Crippen LogP contribution in [0.4, 0.5) is 0 Å². The van der Waals surface area contributed by atoms with Gasteiger partial charge in [0.05, 0.1) is 0 Å². The molecule has 19 heavy (non-hydrogen) atoms. The summed E-state index contributed by atoms with van der Waals surface area (Å²) in [5, 5.41) is 0. The fraction of sp³-hybridized carbons (Fsp3) is 1.00. The Morgan fingerprint density at radius 3 is 2.16 bits per heavy atom. The van der Waals surface area contributed by atoms with E-state index in [1.54, 1.807) is 44.9 Å². The highest BCUT2D eigenvalue weighted by Gasteiger charge is 2.30. The summed E-state index contributed by atoms with van der Waals surface area (Å²) in [5.74, 6) is 4.39. The van der Waals surface area contributed by atoms with Crippen molar-refractivity contribution in [3.8, 4) is 0 Å². The van der Waals surface area contributed by atoms with Crippen molar-refractivity contribution in [1.82, 2.24) is 0 Å². The van der Waals surface area contributed by atoms with Crippen LogP contribution in [-0.2, 0) is 0 Å². The van der Waals surface area contributed by atoms with Crippen LogP contribution in [0.5, 0.6) is 0 Å². The third kappa shape index (κ3) is 4.80. The summed E-state index contributed by atoms with van der Waals surface area (Å²) >= 11 is 0. The Labute approximate surface area is 121 Å². The Balaban J connectivity index is 1.72. The Kier molecular flexibility index (Phi) is 6.74. The average molecular weight is 264 g/mol. The first kappa shape index (κ1) is 15.4. The topological polar surface area (TPSA) is 0 Å². The molecule has 0 amide bonds. The average Bonchev–Trinajstić information content (AvgIpc) is 2.46. The molecule has 0 unspecified atom stereocenters. The van der Waals surface area contributed by atoms with E-state index < -0.39 is 0 Å². The van der Waals surface area contributed by atoms with E-state index in [1.807, 2.05) is 0 Å². The molecule has 0 aromatic heterocycles. The minimum atomic E-state index is 1.08. The summed E-state index contributed by atoms with van der Waals surface area (Å²) in [7, 11) is 0. The SMILES string of the molecule is CCCC[C@@H]1CCC[C@@H](C2CCC(CCC)CC2)C1. The van der Waals surface area contributed by atoms with Crippen molar-refractivity contribution in [3.63, 3.8) is 0 Å². The maximum absolute atomic E-state index is 2.35. The van der Waals surface area contributed by atoms with Gasteiger partial charge in [0.15, 0.2) is 0 Å². The first-order chi connectivity index (χ1) is 9.33. The lowest BCUT2D eigenvalue weighted by Crippen LogP contribution is -2.26. The van der Waals surface area contributed by atoms with Gasteiger partial charge in [-0.15, -0.1) is 0 Å². The van der Waals surface area contributed by atoms with Crippen molar-refractivity contribution >= 4 is 0 Å². The lowest BCUT2D eigenvalue weighted by atomic mass is 9.67. The molecule has 0 heterocycles. The van der Waals surface area contributed by atoms with E-state index in [0.717, 1.165) is 23.7 Å². The zero-order valence-electron chi connectivity index (χ0n) is 13.5. The quantitative estimate of drug-likeness (QED) is 0.507. The fourth-order valence-electron chi connectivity index (χ4n) is 4.87. The third-order valence-electron chi connectivity index (χ3n) is 6.04. The van der Waals surface area contributed by atoms with Gasteiger partial charge in [-0.05, 0) is 42.9 Å². The summed E-state index contributed by atoms with van der Waals surface area (Å²) < 4.78 is 0. The molecule has 0 radical (unpaired) electrons. The van der Waals surface area contributed by atoms with E-state index in [1.165, 1.54) is 38.5 Å². The second-order valence-corrected chi connectivity index (χ2v) is 7.50. The molecule has 0 aliphatic heterocycles. The largest absolute Gasteiger partial charge is 0.0654 e. The summed E-state index contributed by atoms with van der Waals surface area (Å²) in [5.41, 5.74) is 0. The van der Waals surface area contributed by atoms with Crippen LogP contribution in [0.1, 0.15) is 97.3 Å². The lowest BCUT2D eigenvalue weighted by Gasteiger charge is -2.38. The number of unbranched alkanes of at least 4 members (excludes halogenated alkanes) is 1. The van der Waals surface area contributed by atoms with Crippen molar-refractivity contribution in [2.45, 2.75) is 97.3 Å². The van der Waals surface area contributed by atoms with Crippen molar-refractivity contribution in [2.24, 2.45) is 23.7 Å². The van der Waals surface area contributed by atoms with Crippen LogP contribution in [0.15, 0.2) is 0 Å². The van der Waals surface area contributed by atoms with Gasteiger partial charge in [-0.1, -0.05) is 78.1 Å². The number of rotatable bonds is 6. The molecule has 2 rings (SSSR count). The molecule has 0 heteroatoms. The Bertz CT molecular complexity index is 224. The van der Waals surface area contributed by atoms with Crippen LogP contribution in [0.25, 0.3) is 0 Å². The summed E-state index contributed by atoms with van der Waals surface area (Å²) in [6, 6.07) is 0. The molecule has 0 N–H and O–H groups in total. The van der Waals surface area contributed by atoms with E-state index in [0.29, 0.717) is 0 Å². The zero-order valence-corrected chi connectivity index (χ0v) is 13.5. The predicted octanol–water partition coefficient (Wildman–Crippen LogP) is 6.59. The minimum absolute atomic E-state index is 1.08. The van der Waals surface area contributed by atoms with Gasteiger partial charge < -0.3 is 0 Å². The van der Waals surface area contributed by atoms with Crippen LogP contribution in [0.3, 0.4) is 0 Å². The summed E-state index contributed by atoms with van der Waals surface area (Å²) in [4.78, 5) is 0. The highest BCUT2D eigenvalue weighted by atomic mass is 14.4. The molecule has 0 bridgehead atoms. The van der Waals surface area contributed by atoms with Crippen LogP contribution in [-0.4, -0.2) is 0 Å². The molecule has 112 valence electrons. The molecule has 2 atom stereocenters. The van der Waals surface area contributed by atoms with Crippen molar-refractivity contribution in [3.05, 3.63) is 0 Å². The van der Waals surface area contributed by atoms with Gasteiger partial charge >= 0.3 is 0 Å². The van der Waals surface area contributed by atoms with Gasteiger partial charge in [-0.2, -0.15) is 0 Å². The van der Waals surface area contributed by atoms with E-state index in [-0.39, 0.29) is 0 Å². The van der Waals surface area contributed by atoms with Gasteiger partial charge in [-0.25, -0.2) is 0 Å². The number of hydrogen-bond donors (Lipinski definition) is 0. The Morgan fingerprint density at radius 1 is 0.684 bits per heavy atom. The van der Waals surface area contributed by atoms with Gasteiger partial charge in [-0.3, -0.25) is 0 Å². The fourth-order valence-corrected chi connectivity index (χ4v) is 4.87. The molecular weight excluding hydrogens is 228 g/mol. The maximum atomic E-state index is 2.35. The third-order valence-corrected chi connectivity index (χ3v) is 6.04. The predicted molar refractivity (Wildman–Crippen MR) is 85.3 cm³/mol. The number of hydrogen-bond acceptors (Lipinski definition) is 0. The molecule has 2 aliphatic carbocycles. The summed E-state index contributed by atoms with van der Waals surface area (Å²) in [6.07, 6.45) is 19.7. The van der Waals surface area contributed by atoms with E-state index in [9.17, 15) is 0 Å². The van der Waals surface area contributed by atoms with Gasteiger partial charge in [0.2, 0.25) is 0 Å². The second-order valence-electron chi connectivity index (χ2n) is 7.50. The first-order valence-corrected chi connectivity index (χ1v) is 9.33. The molecule has 2 fully saturated rings. The zero-order chi connectivity index (χ0) is 13.5. The minimum Gasteiger partial charge on any atom is -0.0654 e. The van der Waals surface area contributed by atoms with E-state index in [4.69, 9.17) is 0 Å². The smallest absolute Gasteiger partial charge is 0.0383 e. The molecule has 2 aliphatic rings. The van der Waals surface area contributed by atoms with Crippen LogP contribution < -0.4 is 0 Å². The molecule has 0 aromatic carbocycles. The van der Waals surface area contributed by atoms with Gasteiger partial charge in [0.1, 0.15) is 0 Å². The maximum Gasteiger partial charge on any atom is -0.0383 e. The highest BCUT2D eigenvalue weighted by molar-refractivity contribution is 4.82. The van der Waals surface area contributed by atoms with Crippen molar-refractivity contribution < 1.29 is 0 Å². The van der Waals surface area contributed by atoms with Crippen molar-refractivity contribution in [2.75, 3.05) is 0 Å². The molecule has 0 spiro atoms. The Hall–Kier alpha value is 0. The molecular formula is C19H36. The van der Waals surface area contributed by atoms with Crippen LogP contribution >= 0.6 is 0 Å². The second kappa shape index (κ2) is 8.32. The standard InChI is InChI=1S/C19H36/c1-3-5-8-17-9-6-10-19(15-17)18-13-11-16(7-4-2)12-14-18/h16-19H,3-15H2,1-2H3/t16?,17-,18?,19-/m1/s1. The van der Waals surface area contributed by atoms with E-state index >= 15 is 0 Å². The molecule has 0 saturated heterocycles. The molecule has 0 nitrogen and oxygen atoms in total. The lowest BCUT2D eigenvalue weighted by molar-refractivity contribution is 0.133. The van der Waals surface area contributed by atoms with Gasteiger partial charge in [0, 0.05) is 0 Å². The molecule has 0 aromatic rings. The van der Waals surface area contributed by atoms with Gasteiger partial charge in [0.25, 0.3) is 0 Å².